The fraction of sp³-hybridized carbons (Fsp3) is 0.200. The molecule has 0 saturated carbocycles. The minimum Gasteiger partial charge on any atom is -0.478 e. The first-order chi connectivity index (χ1) is 19.3. The molecule has 0 spiro atoms. The van der Waals surface area contributed by atoms with Crippen molar-refractivity contribution in [3.8, 4) is 11.3 Å². The number of amides is 1. The number of pyridine rings is 1. The van der Waals surface area contributed by atoms with E-state index in [-0.39, 0.29) is 30.2 Å². The number of ether oxygens (including phenoxy) is 1. The lowest BCUT2D eigenvalue weighted by molar-refractivity contribution is -0.119. The van der Waals surface area contributed by atoms with Crippen molar-refractivity contribution in [1.82, 2.24) is 10.3 Å². The molecule has 3 N–H and O–H groups in total. The summed E-state index contributed by atoms with van der Waals surface area (Å²) in [5.74, 6) is 0.0672. The lowest BCUT2D eigenvalue weighted by Gasteiger charge is -2.27. The van der Waals surface area contributed by atoms with Crippen molar-refractivity contribution >= 4 is 40.6 Å². The van der Waals surface area contributed by atoms with Crippen LogP contribution in [0.25, 0.3) is 11.3 Å². The number of benzene rings is 2. The number of rotatable bonds is 8. The Hall–Kier alpha value is -4.54. The number of carbonyl (C=O) groups excluding carboxylic acids is 1. The molecule has 2 aromatic heterocycles. The van der Waals surface area contributed by atoms with E-state index < -0.39 is 5.97 Å². The standard InChI is InChI=1S/C30H28N4O5S/c1-17-14-19(29(36)37)7-9-21(17)24-11-12-25(39-24)28-27(23-6-4-5-13-31-23)33-30(40)34(28)20-8-10-22(18(2)15-20)32-26(35)16-38-3/h4-15,27-28H,16H2,1-3H3,(H,32,35)(H,33,40)(H,36,37)/t27-,28-/m1/s1. The molecule has 1 aliphatic rings. The van der Waals surface area contributed by atoms with Gasteiger partial charge in [0.1, 0.15) is 24.2 Å². The lowest BCUT2D eigenvalue weighted by Crippen LogP contribution is -2.29. The van der Waals surface area contributed by atoms with Crippen LogP contribution in [0.5, 0.6) is 0 Å². The molecule has 1 aliphatic heterocycles. The largest absolute Gasteiger partial charge is 0.478 e. The first-order valence-electron chi connectivity index (χ1n) is 12.6. The molecule has 40 heavy (non-hydrogen) atoms. The zero-order valence-corrected chi connectivity index (χ0v) is 23.0. The summed E-state index contributed by atoms with van der Waals surface area (Å²) >= 11 is 5.82. The molecule has 2 atom stereocenters. The molecular formula is C30H28N4O5S. The van der Waals surface area contributed by atoms with Gasteiger partial charge in [-0.3, -0.25) is 9.78 Å². The van der Waals surface area contributed by atoms with E-state index in [2.05, 4.69) is 15.6 Å². The Morgan fingerprint density at radius 3 is 2.60 bits per heavy atom. The van der Waals surface area contributed by atoms with Crippen molar-refractivity contribution in [1.29, 1.82) is 0 Å². The molecule has 1 fully saturated rings. The molecule has 0 aliphatic carbocycles. The molecule has 1 saturated heterocycles. The van der Waals surface area contributed by atoms with Gasteiger partial charge in [0.05, 0.1) is 17.3 Å². The Morgan fingerprint density at radius 2 is 1.93 bits per heavy atom. The quantitative estimate of drug-likeness (QED) is 0.245. The molecule has 9 nitrogen and oxygen atoms in total. The first-order valence-corrected chi connectivity index (χ1v) is 13.0. The third-order valence-electron chi connectivity index (χ3n) is 6.79. The number of aryl methyl sites for hydroxylation is 2. The molecule has 0 unspecified atom stereocenters. The Balaban J connectivity index is 1.54. The average molecular weight is 557 g/mol. The summed E-state index contributed by atoms with van der Waals surface area (Å²) in [5, 5.41) is 16.1. The minimum absolute atomic E-state index is 0.0332. The summed E-state index contributed by atoms with van der Waals surface area (Å²) in [7, 11) is 1.47. The third kappa shape index (κ3) is 5.31. The third-order valence-corrected chi connectivity index (χ3v) is 7.11. The Morgan fingerprint density at radius 1 is 1.10 bits per heavy atom. The topological polar surface area (TPSA) is 117 Å². The van der Waals surface area contributed by atoms with Crippen molar-refractivity contribution in [2.24, 2.45) is 0 Å². The normalized spacial score (nSPS) is 16.6. The number of aromatic carboxylic acids is 1. The van der Waals surface area contributed by atoms with Crippen molar-refractivity contribution < 1.29 is 23.8 Å². The van der Waals surface area contributed by atoms with Gasteiger partial charge in [0, 0.05) is 30.2 Å². The van der Waals surface area contributed by atoms with Crippen molar-refractivity contribution in [3.05, 3.63) is 101 Å². The summed E-state index contributed by atoms with van der Waals surface area (Å²) in [6, 6.07) is 19.5. The van der Waals surface area contributed by atoms with E-state index in [0.717, 1.165) is 28.1 Å². The summed E-state index contributed by atoms with van der Waals surface area (Å²) in [6.07, 6.45) is 1.74. The number of carbonyl (C=O) groups is 2. The molecule has 1 amide bonds. The Bertz CT molecular complexity index is 1590. The molecule has 204 valence electrons. The number of anilines is 2. The maximum absolute atomic E-state index is 12.1. The molecule has 5 rings (SSSR count). The SMILES string of the molecule is COCC(=O)Nc1ccc(N2C(=S)N[C@H](c3ccccn3)[C@H]2c2ccc(-c3ccc(C(=O)O)cc3C)o2)cc1C. The molecule has 10 heteroatoms. The van der Waals surface area contributed by atoms with E-state index in [9.17, 15) is 14.7 Å². The maximum Gasteiger partial charge on any atom is 0.335 e. The van der Waals surface area contributed by atoms with Gasteiger partial charge in [-0.25, -0.2) is 4.79 Å². The van der Waals surface area contributed by atoms with E-state index in [1.165, 1.54) is 7.11 Å². The van der Waals surface area contributed by atoms with Gasteiger partial charge in [0.25, 0.3) is 0 Å². The van der Waals surface area contributed by atoms with Gasteiger partial charge < -0.3 is 29.8 Å². The first kappa shape index (κ1) is 27.0. The number of carboxylic acids is 1. The molecule has 0 bridgehead atoms. The van der Waals surface area contributed by atoms with E-state index in [1.54, 1.807) is 24.4 Å². The number of carboxylic acid groups (broad SMARTS) is 1. The monoisotopic (exact) mass is 556 g/mol. The predicted molar refractivity (Wildman–Crippen MR) is 155 cm³/mol. The maximum atomic E-state index is 12.1. The highest BCUT2D eigenvalue weighted by Crippen LogP contribution is 2.43. The predicted octanol–water partition coefficient (Wildman–Crippen LogP) is 5.42. The van der Waals surface area contributed by atoms with Crippen LogP contribution in [0.4, 0.5) is 11.4 Å². The van der Waals surface area contributed by atoms with Gasteiger partial charge in [0.2, 0.25) is 5.91 Å². The van der Waals surface area contributed by atoms with Gasteiger partial charge in [0.15, 0.2) is 5.11 Å². The van der Waals surface area contributed by atoms with Crippen LogP contribution in [-0.2, 0) is 9.53 Å². The van der Waals surface area contributed by atoms with Crippen molar-refractivity contribution in [3.63, 3.8) is 0 Å². The summed E-state index contributed by atoms with van der Waals surface area (Å²) in [6.45, 7) is 3.74. The van der Waals surface area contributed by atoms with Gasteiger partial charge in [-0.2, -0.15) is 0 Å². The Kier molecular flexibility index (Phi) is 7.63. The number of hydrogen-bond donors (Lipinski definition) is 3. The molecule has 0 radical (unpaired) electrons. The second-order valence-electron chi connectivity index (χ2n) is 9.51. The average Bonchev–Trinajstić information content (AvgIpc) is 3.55. The number of nitrogens with zero attached hydrogens (tertiary/aromatic N) is 2. The second-order valence-corrected chi connectivity index (χ2v) is 9.90. The fourth-order valence-corrected chi connectivity index (χ4v) is 5.25. The lowest BCUT2D eigenvalue weighted by atomic mass is 10.0. The van der Waals surface area contributed by atoms with Crippen LogP contribution in [0.15, 0.2) is 77.3 Å². The second kappa shape index (κ2) is 11.3. The number of methoxy groups -OCH3 is 1. The zero-order valence-electron chi connectivity index (χ0n) is 22.2. The smallest absolute Gasteiger partial charge is 0.335 e. The molecule has 4 aromatic rings. The Labute approximate surface area is 236 Å². The van der Waals surface area contributed by atoms with Crippen LogP contribution in [0.3, 0.4) is 0 Å². The number of furan rings is 1. The summed E-state index contributed by atoms with van der Waals surface area (Å²) in [5.41, 5.74) is 4.98. The van der Waals surface area contributed by atoms with E-state index in [4.69, 9.17) is 21.4 Å². The highest BCUT2D eigenvalue weighted by Gasteiger charge is 2.42. The van der Waals surface area contributed by atoms with E-state index in [1.807, 2.05) is 67.3 Å². The van der Waals surface area contributed by atoms with Crippen LogP contribution in [0, 0.1) is 13.8 Å². The van der Waals surface area contributed by atoms with Crippen LogP contribution in [0.2, 0.25) is 0 Å². The van der Waals surface area contributed by atoms with Gasteiger partial charge in [-0.1, -0.05) is 12.1 Å². The number of aromatic nitrogens is 1. The van der Waals surface area contributed by atoms with Gasteiger partial charge >= 0.3 is 5.97 Å². The van der Waals surface area contributed by atoms with Crippen LogP contribution >= 0.6 is 12.2 Å². The molecule has 2 aromatic carbocycles. The zero-order chi connectivity index (χ0) is 28.4. The van der Waals surface area contributed by atoms with Crippen molar-refractivity contribution in [2.75, 3.05) is 23.9 Å². The van der Waals surface area contributed by atoms with Gasteiger partial charge in [-0.15, -0.1) is 0 Å². The number of nitrogens with one attached hydrogen (secondary N) is 2. The van der Waals surface area contributed by atoms with E-state index in [0.29, 0.717) is 22.3 Å². The summed E-state index contributed by atoms with van der Waals surface area (Å²) < 4.78 is 11.4. The molecule has 3 heterocycles. The minimum atomic E-state index is -0.978. The van der Waals surface area contributed by atoms with Crippen LogP contribution < -0.4 is 15.5 Å². The van der Waals surface area contributed by atoms with Crippen LogP contribution in [0.1, 0.15) is 45.0 Å². The number of thiocarbonyl (C=S) groups is 1. The van der Waals surface area contributed by atoms with Crippen molar-refractivity contribution in [2.45, 2.75) is 25.9 Å². The molecular weight excluding hydrogens is 528 g/mol. The van der Waals surface area contributed by atoms with Gasteiger partial charge in [-0.05, 0) is 91.8 Å². The highest BCUT2D eigenvalue weighted by atomic mass is 32.1. The van der Waals surface area contributed by atoms with E-state index >= 15 is 0 Å². The number of hydrogen-bond acceptors (Lipinski definition) is 6. The highest BCUT2D eigenvalue weighted by molar-refractivity contribution is 7.80. The summed E-state index contributed by atoms with van der Waals surface area (Å²) in [4.78, 5) is 30.0. The van der Waals surface area contributed by atoms with Crippen LogP contribution in [-0.4, -0.2) is 40.8 Å². The fourth-order valence-electron chi connectivity index (χ4n) is 4.91.